The van der Waals surface area contributed by atoms with Gasteiger partial charge in [-0.3, -0.25) is 4.90 Å². The zero-order chi connectivity index (χ0) is 9.19. The summed E-state index contributed by atoms with van der Waals surface area (Å²) < 4.78 is 0. The summed E-state index contributed by atoms with van der Waals surface area (Å²) in [5, 5.41) is 3.52. The maximum Gasteiger partial charge on any atom is 0.0195 e. The van der Waals surface area contributed by atoms with Crippen molar-refractivity contribution in [3.63, 3.8) is 0 Å². The van der Waals surface area contributed by atoms with E-state index in [9.17, 15) is 0 Å². The van der Waals surface area contributed by atoms with Gasteiger partial charge in [-0.15, -0.1) is 0 Å². The van der Waals surface area contributed by atoms with E-state index in [1.165, 1.54) is 25.9 Å². The van der Waals surface area contributed by atoms with Gasteiger partial charge in [-0.2, -0.15) is 0 Å². The molecule has 0 saturated carbocycles. The number of nitrogens with one attached hydrogen (secondary N) is 1. The van der Waals surface area contributed by atoms with E-state index in [2.05, 4.69) is 38.0 Å². The van der Waals surface area contributed by atoms with Gasteiger partial charge >= 0.3 is 0 Å². The first kappa shape index (κ1) is 10.0. The Labute approximate surface area is 76.3 Å². The Bertz CT molecular complexity index is 131. The van der Waals surface area contributed by atoms with E-state index in [-0.39, 0.29) is 0 Å². The lowest BCUT2D eigenvalue weighted by Gasteiger charge is -2.33. The van der Waals surface area contributed by atoms with Crippen molar-refractivity contribution in [2.75, 3.05) is 20.1 Å². The van der Waals surface area contributed by atoms with Crippen LogP contribution in [0.3, 0.4) is 0 Å². The predicted octanol–water partition coefficient (Wildman–Crippen LogP) is 1.47. The number of nitrogens with zero attached hydrogens (tertiary/aromatic N) is 1. The normalized spacial score (nSPS) is 25.2. The van der Waals surface area contributed by atoms with Crippen LogP contribution in [0.4, 0.5) is 0 Å². The van der Waals surface area contributed by atoms with Gasteiger partial charge in [0.25, 0.3) is 0 Å². The molecule has 1 fully saturated rings. The van der Waals surface area contributed by atoms with Crippen LogP contribution in [-0.4, -0.2) is 36.6 Å². The quantitative estimate of drug-likeness (QED) is 0.675. The first-order valence-corrected chi connectivity index (χ1v) is 4.95. The van der Waals surface area contributed by atoms with Crippen molar-refractivity contribution in [1.82, 2.24) is 10.2 Å². The third-order valence-corrected chi connectivity index (χ3v) is 2.80. The molecular weight excluding hydrogens is 148 g/mol. The standard InChI is InChI=1S/C10H22N2/c1-10(2,3)12(4)8-9-6-5-7-11-9/h9,11H,5-8H2,1-4H3/t9-/m1/s1. The van der Waals surface area contributed by atoms with E-state index in [0.29, 0.717) is 5.54 Å². The lowest BCUT2D eigenvalue weighted by molar-refractivity contribution is 0.161. The van der Waals surface area contributed by atoms with Crippen molar-refractivity contribution >= 4 is 0 Å². The molecule has 0 aromatic carbocycles. The summed E-state index contributed by atoms with van der Waals surface area (Å²) in [6.45, 7) is 9.19. The summed E-state index contributed by atoms with van der Waals surface area (Å²) in [6.07, 6.45) is 2.70. The molecule has 0 aromatic rings. The van der Waals surface area contributed by atoms with Crippen LogP contribution in [0.5, 0.6) is 0 Å². The fourth-order valence-electron chi connectivity index (χ4n) is 1.52. The van der Waals surface area contributed by atoms with Gasteiger partial charge in [0.05, 0.1) is 0 Å². The summed E-state index contributed by atoms with van der Waals surface area (Å²) in [5.41, 5.74) is 0.310. The molecule has 1 heterocycles. The van der Waals surface area contributed by atoms with Gasteiger partial charge in [0.2, 0.25) is 0 Å². The van der Waals surface area contributed by atoms with E-state index in [0.717, 1.165) is 6.04 Å². The Morgan fingerprint density at radius 1 is 1.42 bits per heavy atom. The van der Waals surface area contributed by atoms with Gasteiger partial charge in [-0.1, -0.05) is 0 Å². The van der Waals surface area contributed by atoms with Gasteiger partial charge in [-0.05, 0) is 47.2 Å². The van der Waals surface area contributed by atoms with Crippen LogP contribution in [0.2, 0.25) is 0 Å². The monoisotopic (exact) mass is 170 g/mol. The van der Waals surface area contributed by atoms with Crippen LogP contribution in [0.15, 0.2) is 0 Å². The fourth-order valence-corrected chi connectivity index (χ4v) is 1.52. The average molecular weight is 170 g/mol. The molecule has 0 aliphatic carbocycles. The molecule has 1 aliphatic heterocycles. The van der Waals surface area contributed by atoms with Crippen molar-refractivity contribution in [2.45, 2.75) is 45.2 Å². The van der Waals surface area contributed by atoms with Crippen LogP contribution in [0, 0.1) is 0 Å². The van der Waals surface area contributed by atoms with E-state index in [1.54, 1.807) is 0 Å². The second-order valence-electron chi connectivity index (χ2n) is 4.84. The maximum absolute atomic E-state index is 3.52. The van der Waals surface area contributed by atoms with E-state index in [1.807, 2.05) is 0 Å². The maximum atomic E-state index is 3.52. The Morgan fingerprint density at radius 2 is 2.08 bits per heavy atom. The van der Waals surface area contributed by atoms with E-state index >= 15 is 0 Å². The smallest absolute Gasteiger partial charge is 0.0195 e. The Balaban J connectivity index is 2.30. The predicted molar refractivity (Wildman–Crippen MR) is 53.4 cm³/mol. The highest BCUT2D eigenvalue weighted by Crippen LogP contribution is 2.13. The highest BCUT2D eigenvalue weighted by Gasteiger charge is 2.22. The molecule has 1 N–H and O–H groups in total. The number of hydrogen-bond acceptors (Lipinski definition) is 2. The minimum absolute atomic E-state index is 0.310. The van der Waals surface area contributed by atoms with Crippen LogP contribution >= 0.6 is 0 Å². The van der Waals surface area contributed by atoms with E-state index in [4.69, 9.17) is 0 Å². The third kappa shape index (κ3) is 2.76. The van der Waals surface area contributed by atoms with Crippen molar-refractivity contribution in [3.8, 4) is 0 Å². The van der Waals surface area contributed by atoms with Crippen LogP contribution in [0.25, 0.3) is 0 Å². The molecule has 0 radical (unpaired) electrons. The second kappa shape index (κ2) is 3.75. The molecule has 0 spiro atoms. The van der Waals surface area contributed by atoms with Crippen molar-refractivity contribution in [3.05, 3.63) is 0 Å². The zero-order valence-electron chi connectivity index (χ0n) is 8.85. The second-order valence-corrected chi connectivity index (χ2v) is 4.84. The lowest BCUT2D eigenvalue weighted by Crippen LogP contribution is -2.45. The third-order valence-electron chi connectivity index (χ3n) is 2.80. The molecule has 0 bridgehead atoms. The minimum atomic E-state index is 0.310. The highest BCUT2D eigenvalue weighted by atomic mass is 15.2. The largest absolute Gasteiger partial charge is 0.313 e. The average Bonchev–Trinajstić information content (AvgIpc) is 2.37. The van der Waals surface area contributed by atoms with Crippen molar-refractivity contribution in [2.24, 2.45) is 0 Å². The van der Waals surface area contributed by atoms with Gasteiger partial charge in [0.15, 0.2) is 0 Å². The molecule has 2 heteroatoms. The molecule has 0 aromatic heterocycles. The fraction of sp³-hybridized carbons (Fsp3) is 1.00. The summed E-state index contributed by atoms with van der Waals surface area (Å²) in [4.78, 5) is 2.43. The summed E-state index contributed by atoms with van der Waals surface area (Å²) in [7, 11) is 2.21. The Kier molecular flexibility index (Phi) is 3.13. The molecule has 0 amide bonds. The van der Waals surface area contributed by atoms with Gasteiger partial charge in [-0.25, -0.2) is 0 Å². The molecule has 1 saturated heterocycles. The van der Waals surface area contributed by atoms with Gasteiger partial charge in [0.1, 0.15) is 0 Å². The SMILES string of the molecule is CN(C[C@H]1CCCN1)C(C)(C)C. The number of hydrogen-bond donors (Lipinski definition) is 1. The molecule has 0 unspecified atom stereocenters. The summed E-state index contributed by atoms with van der Waals surface area (Å²) in [5.74, 6) is 0. The first-order chi connectivity index (χ1) is 5.50. The first-order valence-electron chi connectivity index (χ1n) is 4.95. The molecular formula is C10H22N2. The highest BCUT2D eigenvalue weighted by molar-refractivity contribution is 4.81. The molecule has 12 heavy (non-hydrogen) atoms. The molecule has 72 valence electrons. The molecule has 1 aliphatic rings. The van der Waals surface area contributed by atoms with Gasteiger partial charge in [0, 0.05) is 18.1 Å². The number of rotatable bonds is 2. The number of likely N-dealkylation sites (N-methyl/N-ethyl adjacent to an activating group) is 1. The zero-order valence-corrected chi connectivity index (χ0v) is 8.85. The summed E-state index contributed by atoms with van der Waals surface area (Å²) in [6, 6.07) is 0.731. The minimum Gasteiger partial charge on any atom is -0.313 e. The van der Waals surface area contributed by atoms with Crippen LogP contribution in [0.1, 0.15) is 33.6 Å². The van der Waals surface area contributed by atoms with Gasteiger partial charge < -0.3 is 5.32 Å². The van der Waals surface area contributed by atoms with E-state index < -0.39 is 0 Å². The topological polar surface area (TPSA) is 15.3 Å². The lowest BCUT2D eigenvalue weighted by atomic mass is 10.1. The summed E-state index contributed by atoms with van der Waals surface area (Å²) >= 11 is 0. The molecule has 1 rings (SSSR count). The van der Waals surface area contributed by atoms with Crippen molar-refractivity contribution in [1.29, 1.82) is 0 Å². The Hall–Kier alpha value is -0.0800. The Morgan fingerprint density at radius 3 is 2.50 bits per heavy atom. The molecule has 2 nitrogen and oxygen atoms in total. The van der Waals surface area contributed by atoms with Crippen LogP contribution < -0.4 is 5.32 Å². The molecule has 1 atom stereocenters. The van der Waals surface area contributed by atoms with Crippen LogP contribution in [-0.2, 0) is 0 Å². The van der Waals surface area contributed by atoms with Crippen molar-refractivity contribution < 1.29 is 0 Å².